The lowest BCUT2D eigenvalue weighted by molar-refractivity contribution is -0.141. The standard InChI is InChI=1S/C12H20N2O7S/c1-6(11(18)19)2-3-9(16)13-7(4-15)10(17)14-8(5-22)12(20)21/h6-8,15,22H,2-5H2,1H3,(H,13,16)(H,14,17)(H,18,19)(H,20,21)/t6-,7-,8-/m0/s1. The average molecular weight is 336 g/mol. The van der Waals surface area contributed by atoms with Crippen LogP contribution in [0.3, 0.4) is 0 Å². The van der Waals surface area contributed by atoms with Gasteiger partial charge in [-0.1, -0.05) is 6.92 Å². The van der Waals surface area contributed by atoms with Gasteiger partial charge >= 0.3 is 11.9 Å². The number of carboxylic acid groups (broad SMARTS) is 2. The fourth-order valence-corrected chi connectivity index (χ4v) is 1.64. The van der Waals surface area contributed by atoms with Crippen molar-refractivity contribution in [2.45, 2.75) is 31.8 Å². The molecule has 0 aromatic carbocycles. The smallest absolute Gasteiger partial charge is 0.327 e. The lowest BCUT2D eigenvalue weighted by Gasteiger charge is -2.19. The predicted molar refractivity (Wildman–Crippen MR) is 78.5 cm³/mol. The van der Waals surface area contributed by atoms with Crippen molar-refractivity contribution in [3.63, 3.8) is 0 Å². The number of nitrogens with one attached hydrogen (secondary N) is 2. The number of thiol groups is 1. The van der Waals surface area contributed by atoms with Gasteiger partial charge in [0.25, 0.3) is 0 Å². The molecule has 0 radical (unpaired) electrons. The molecule has 0 spiro atoms. The van der Waals surface area contributed by atoms with Crippen molar-refractivity contribution in [1.82, 2.24) is 10.6 Å². The Kier molecular flexibility index (Phi) is 9.18. The predicted octanol–water partition coefficient (Wildman–Crippen LogP) is -1.54. The lowest BCUT2D eigenvalue weighted by atomic mass is 10.1. The molecule has 0 aliphatic carbocycles. The zero-order valence-electron chi connectivity index (χ0n) is 12.0. The van der Waals surface area contributed by atoms with Crippen LogP contribution in [0.1, 0.15) is 19.8 Å². The number of amides is 2. The lowest BCUT2D eigenvalue weighted by Crippen LogP contribution is -2.53. The molecule has 0 aliphatic heterocycles. The van der Waals surface area contributed by atoms with Crippen molar-refractivity contribution in [2.75, 3.05) is 12.4 Å². The second-order valence-electron chi connectivity index (χ2n) is 4.66. The van der Waals surface area contributed by atoms with Gasteiger partial charge in [-0.3, -0.25) is 14.4 Å². The van der Waals surface area contributed by atoms with Crippen molar-refractivity contribution in [3.05, 3.63) is 0 Å². The molecular formula is C12H20N2O7S. The molecule has 9 nitrogen and oxygen atoms in total. The molecule has 0 aromatic rings. The van der Waals surface area contributed by atoms with Gasteiger partial charge < -0.3 is 26.0 Å². The van der Waals surface area contributed by atoms with E-state index in [2.05, 4.69) is 23.3 Å². The summed E-state index contributed by atoms with van der Waals surface area (Å²) in [4.78, 5) is 44.7. The van der Waals surface area contributed by atoms with Crippen molar-refractivity contribution in [2.24, 2.45) is 5.92 Å². The Morgan fingerprint density at radius 3 is 2.05 bits per heavy atom. The van der Waals surface area contributed by atoms with Gasteiger partial charge in [-0.25, -0.2) is 4.79 Å². The third kappa shape index (κ3) is 7.27. The van der Waals surface area contributed by atoms with Crippen molar-refractivity contribution < 1.29 is 34.5 Å². The second-order valence-corrected chi connectivity index (χ2v) is 5.03. The minimum Gasteiger partial charge on any atom is -0.481 e. The highest BCUT2D eigenvalue weighted by molar-refractivity contribution is 7.80. The fraction of sp³-hybridized carbons (Fsp3) is 0.667. The number of hydrogen-bond acceptors (Lipinski definition) is 6. The number of aliphatic hydroxyl groups is 1. The van der Waals surface area contributed by atoms with E-state index in [1.807, 2.05) is 0 Å². The van der Waals surface area contributed by atoms with Crippen molar-refractivity contribution >= 4 is 36.4 Å². The first-order valence-electron chi connectivity index (χ1n) is 6.50. The molecule has 0 unspecified atom stereocenters. The Morgan fingerprint density at radius 2 is 1.64 bits per heavy atom. The number of carbonyl (C=O) groups excluding carboxylic acids is 2. The maximum absolute atomic E-state index is 11.8. The number of hydrogen-bond donors (Lipinski definition) is 6. The zero-order valence-corrected chi connectivity index (χ0v) is 12.9. The summed E-state index contributed by atoms with van der Waals surface area (Å²) in [7, 11) is 0. The van der Waals surface area contributed by atoms with E-state index in [0.717, 1.165) is 0 Å². The zero-order chi connectivity index (χ0) is 17.3. The monoisotopic (exact) mass is 336 g/mol. The summed E-state index contributed by atoms with van der Waals surface area (Å²) < 4.78 is 0. The normalized spacial score (nSPS) is 14.5. The first-order valence-corrected chi connectivity index (χ1v) is 7.13. The van der Waals surface area contributed by atoms with E-state index in [1.54, 1.807) is 0 Å². The number of carboxylic acids is 2. The minimum absolute atomic E-state index is 0.0787. The first-order chi connectivity index (χ1) is 10.2. The number of aliphatic hydroxyl groups excluding tert-OH is 1. The van der Waals surface area contributed by atoms with Gasteiger partial charge in [-0.2, -0.15) is 12.6 Å². The Bertz CT molecular complexity index is 430. The largest absolute Gasteiger partial charge is 0.481 e. The third-order valence-corrected chi connectivity index (χ3v) is 3.22. The van der Waals surface area contributed by atoms with Gasteiger partial charge in [-0.05, 0) is 6.42 Å². The Morgan fingerprint density at radius 1 is 1.05 bits per heavy atom. The van der Waals surface area contributed by atoms with Gasteiger partial charge in [0.05, 0.1) is 12.5 Å². The van der Waals surface area contributed by atoms with E-state index in [4.69, 9.17) is 15.3 Å². The molecule has 22 heavy (non-hydrogen) atoms. The van der Waals surface area contributed by atoms with Crippen LogP contribution in [0.15, 0.2) is 0 Å². The number of rotatable bonds is 10. The summed E-state index contributed by atoms with van der Waals surface area (Å²) in [6, 6.07) is -2.55. The maximum Gasteiger partial charge on any atom is 0.327 e. The Balaban J connectivity index is 4.45. The van der Waals surface area contributed by atoms with E-state index in [0.29, 0.717) is 0 Å². The Labute approximate surface area is 132 Å². The number of carbonyl (C=O) groups is 4. The summed E-state index contributed by atoms with van der Waals surface area (Å²) in [6.45, 7) is 0.723. The van der Waals surface area contributed by atoms with Crippen LogP contribution in [-0.4, -0.2) is 63.5 Å². The molecule has 5 N–H and O–H groups in total. The molecule has 0 saturated heterocycles. The molecule has 0 heterocycles. The van der Waals surface area contributed by atoms with E-state index in [-0.39, 0.29) is 18.6 Å². The summed E-state index contributed by atoms with van der Waals surface area (Å²) in [5.41, 5.74) is 0. The summed E-state index contributed by atoms with van der Waals surface area (Å²) in [6.07, 6.45) is -0.0541. The molecule has 0 saturated carbocycles. The van der Waals surface area contributed by atoms with Crippen LogP contribution in [0.25, 0.3) is 0 Å². The summed E-state index contributed by atoms with van der Waals surface area (Å²) in [5.74, 6) is -4.66. The molecule has 0 aliphatic rings. The highest BCUT2D eigenvalue weighted by Gasteiger charge is 2.25. The SMILES string of the molecule is C[C@@H](CCC(=O)N[C@@H](CO)C(=O)N[C@@H](CS)C(=O)O)C(=O)O. The van der Waals surface area contributed by atoms with Gasteiger partial charge in [0.1, 0.15) is 12.1 Å². The van der Waals surface area contributed by atoms with Crippen molar-refractivity contribution in [3.8, 4) is 0 Å². The van der Waals surface area contributed by atoms with Crippen molar-refractivity contribution in [1.29, 1.82) is 0 Å². The van der Waals surface area contributed by atoms with Crippen LogP contribution in [0.4, 0.5) is 0 Å². The second kappa shape index (κ2) is 10.0. The topological polar surface area (TPSA) is 153 Å². The van der Waals surface area contributed by atoms with E-state index in [1.165, 1.54) is 6.92 Å². The number of aliphatic carboxylic acids is 2. The first kappa shape index (κ1) is 20.2. The quantitative estimate of drug-likeness (QED) is 0.264. The molecule has 0 bridgehead atoms. The van der Waals surface area contributed by atoms with Gasteiger partial charge in [0.2, 0.25) is 11.8 Å². The highest BCUT2D eigenvalue weighted by Crippen LogP contribution is 2.05. The molecular weight excluding hydrogens is 316 g/mol. The summed E-state index contributed by atoms with van der Waals surface area (Å²) >= 11 is 3.77. The van der Waals surface area contributed by atoms with Crippen LogP contribution in [-0.2, 0) is 19.2 Å². The van der Waals surface area contributed by atoms with Crippen LogP contribution < -0.4 is 10.6 Å². The molecule has 10 heteroatoms. The molecule has 2 amide bonds. The maximum atomic E-state index is 11.8. The molecule has 0 aromatic heterocycles. The molecule has 3 atom stereocenters. The van der Waals surface area contributed by atoms with Crippen LogP contribution >= 0.6 is 12.6 Å². The van der Waals surface area contributed by atoms with E-state index >= 15 is 0 Å². The summed E-state index contributed by atoms with van der Waals surface area (Å²) in [5, 5.41) is 30.9. The minimum atomic E-state index is -1.31. The van der Waals surface area contributed by atoms with Gasteiger partial charge in [-0.15, -0.1) is 0 Å². The van der Waals surface area contributed by atoms with Crippen LogP contribution in [0.5, 0.6) is 0 Å². The average Bonchev–Trinajstić information content (AvgIpc) is 2.46. The van der Waals surface area contributed by atoms with E-state index in [9.17, 15) is 19.2 Å². The van der Waals surface area contributed by atoms with E-state index < -0.39 is 48.4 Å². The van der Waals surface area contributed by atoms with Crippen LogP contribution in [0, 0.1) is 5.92 Å². The van der Waals surface area contributed by atoms with Gasteiger partial charge in [0.15, 0.2) is 0 Å². The van der Waals surface area contributed by atoms with Gasteiger partial charge in [0, 0.05) is 12.2 Å². The molecule has 0 fully saturated rings. The molecule has 0 rings (SSSR count). The third-order valence-electron chi connectivity index (χ3n) is 2.86. The molecule has 126 valence electrons. The van der Waals surface area contributed by atoms with Crippen LogP contribution in [0.2, 0.25) is 0 Å². The fourth-order valence-electron chi connectivity index (χ4n) is 1.39. The highest BCUT2D eigenvalue weighted by atomic mass is 32.1. The Hall–Kier alpha value is -1.81.